The smallest absolute Gasteiger partial charge is 0.194 e. The quantitative estimate of drug-likeness (QED) is 0.785. The highest BCUT2D eigenvalue weighted by atomic mass is 16.5. The number of carbonyl (C=O) groups excluding carboxylic acids is 1. The molecule has 0 radical (unpaired) electrons. The zero-order valence-corrected chi connectivity index (χ0v) is 11.1. The molecule has 4 nitrogen and oxygen atoms in total. The van der Waals surface area contributed by atoms with Crippen molar-refractivity contribution in [2.75, 3.05) is 20.3 Å². The monoisotopic (exact) mass is 262 g/mol. The zero-order valence-electron chi connectivity index (χ0n) is 11.1. The average Bonchev–Trinajstić information content (AvgIpc) is 2.62. The van der Waals surface area contributed by atoms with Gasteiger partial charge in [-0.3, -0.25) is 4.79 Å². The van der Waals surface area contributed by atoms with Crippen molar-refractivity contribution in [1.29, 1.82) is 0 Å². The van der Waals surface area contributed by atoms with E-state index in [9.17, 15) is 4.79 Å². The van der Waals surface area contributed by atoms with Crippen LogP contribution in [0.15, 0.2) is 18.2 Å². The average molecular weight is 262 g/mol. The summed E-state index contributed by atoms with van der Waals surface area (Å²) in [5.41, 5.74) is 0.0330. The van der Waals surface area contributed by atoms with Crippen LogP contribution in [-0.4, -0.2) is 31.7 Å². The molecule has 1 aromatic carbocycles. The SMILES string of the molecule is COC1(C(=O)c2ccc3c(c2)OCCCO3)CCC1. The fourth-order valence-corrected chi connectivity index (χ4v) is 2.59. The highest BCUT2D eigenvalue weighted by Crippen LogP contribution is 2.39. The molecule has 1 fully saturated rings. The van der Waals surface area contributed by atoms with E-state index in [2.05, 4.69) is 0 Å². The molecule has 1 aliphatic carbocycles. The van der Waals surface area contributed by atoms with Crippen LogP contribution in [0.3, 0.4) is 0 Å². The van der Waals surface area contributed by atoms with Crippen LogP contribution in [-0.2, 0) is 4.74 Å². The summed E-state index contributed by atoms with van der Waals surface area (Å²) in [6.07, 6.45) is 3.51. The molecule has 0 atom stereocenters. The van der Waals surface area contributed by atoms with Gasteiger partial charge in [0.2, 0.25) is 0 Å². The molecule has 0 saturated heterocycles. The molecule has 0 aromatic heterocycles. The Labute approximate surface area is 112 Å². The zero-order chi connectivity index (χ0) is 13.3. The van der Waals surface area contributed by atoms with E-state index in [1.165, 1.54) is 0 Å². The van der Waals surface area contributed by atoms with Crippen LogP contribution >= 0.6 is 0 Å². The molecule has 0 unspecified atom stereocenters. The third kappa shape index (κ3) is 2.10. The Balaban J connectivity index is 1.89. The summed E-state index contributed by atoms with van der Waals surface area (Å²) < 4.78 is 16.6. The minimum absolute atomic E-state index is 0.0527. The van der Waals surface area contributed by atoms with Gasteiger partial charge in [0.1, 0.15) is 5.60 Å². The van der Waals surface area contributed by atoms with Crippen molar-refractivity contribution in [2.45, 2.75) is 31.3 Å². The predicted molar refractivity (Wildman–Crippen MR) is 70.0 cm³/mol. The number of hydrogen-bond donors (Lipinski definition) is 0. The van der Waals surface area contributed by atoms with Gasteiger partial charge >= 0.3 is 0 Å². The first kappa shape index (κ1) is 12.5. The summed E-state index contributed by atoms with van der Waals surface area (Å²) in [7, 11) is 1.61. The maximum atomic E-state index is 12.5. The van der Waals surface area contributed by atoms with Gasteiger partial charge in [0.15, 0.2) is 17.3 Å². The van der Waals surface area contributed by atoms with E-state index in [0.29, 0.717) is 30.3 Å². The van der Waals surface area contributed by atoms with E-state index >= 15 is 0 Å². The lowest BCUT2D eigenvalue weighted by molar-refractivity contribution is -0.0448. The number of rotatable bonds is 3. The fraction of sp³-hybridized carbons (Fsp3) is 0.533. The Hall–Kier alpha value is -1.55. The lowest BCUT2D eigenvalue weighted by Gasteiger charge is -2.38. The van der Waals surface area contributed by atoms with E-state index in [4.69, 9.17) is 14.2 Å². The highest BCUT2D eigenvalue weighted by Gasteiger charge is 2.44. The van der Waals surface area contributed by atoms with Crippen LogP contribution < -0.4 is 9.47 Å². The Bertz CT molecular complexity index is 485. The van der Waals surface area contributed by atoms with Crippen LogP contribution in [0.4, 0.5) is 0 Å². The molecule has 102 valence electrons. The Kier molecular flexibility index (Phi) is 3.19. The van der Waals surface area contributed by atoms with Crippen LogP contribution in [0.1, 0.15) is 36.0 Å². The molecular weight excluding hydrogens is 244 g/mol. The number of fused-ring (bicyclic) bond motifs is 1. The van der Waals surface area contributed by atoms with Gasteiger partial charge < -0.3 is 14.2 Å². The number of carbonyl (C=O) groups is 1. The molecule has 2 aliphatic rings. The van der Waals surface area contributed by atoms with Gasteiger partial charge in [-0.15, -0.1) is 0 Å². The third-order valence-electron chi connectivity index (χ3n) is 3.98. The predicted octanol–water partition coefficient (Wildman–Crippen LogP) is 2.60. The largest absolute Gasteiger partial charge is 0.490 e. The van der Waals surface area contributed by atoms with Crippen LogP contribution in [0, 0.1) is 0 Å². The van der Waals surface area contributed by atoms with E-state index in [0.717, 1.165) is 25.7 Å². The Morgan fingerprint density at radius 1 is 1.16 bits per heavy atom. The second-order valence-corrected chi connectivity index (χ2v) is 5.09. The number of hydrogen-bond acceptors (Lipinski definition) is 4. The van der Waals surface area contributed by atoms with Crippen LogP contribution in [0.25, 0.3) is 0 Å². The van der Waals surface area contributed by atoms with Crippen molar-refractivity contribution in [3.05, 3.63) is 23.8 Å². The van der Waals surface area contributed by atoms with Crippen LogP contribution in [0.5, 0.6) is 11.5 Å². The lowest BCUT2D eigenvalue weighted by atomic mass is 9.75. The lowest BCUT2D eigenvalue weighted by Crippen LogP contribution is -2.47. The van der Waals surface area contributed by atoms with E-state index < -0.39 is 5.60 Å². The maximum Gasteiger partial charge on any atom is 0.194 e. The molecule has 0 spiro atoms. The van der Waals surface area contributed by atoms with E-state index in [1.807, 2.05) is 6.07 Å². The summed E-state index contributed by atoms with van der Waals surface area (Å²) in [6, 6.07) is 5.40. The maximum absolute atomic E-state index is 12.5. The third-order valence-corrected chi connectivity index (χ3v) is 3.98. The van der Waals surface area contributed by atoms with Gasteiger partial charge in [-0.2, -0.15) is 0 Å². The molecule has 1 heterocycles. The van der Waals surface area contributed by atoms with Crippen molar-refractivity contribution in [3.63, 3.8) is 0 Å². The van der Waals surface area contributed by atoms with Crippen molar-refractivity contribution < 1.29 is 19.0 Å². The number of methoxy groups -OCH3 is 1. The number of ketones is 1. The first-order valence-electron chi connectivity index (χ1n) is 6.75. The first-order valence-corrected chi connectivity index (χ1v) is 6.75. The van der Waals surface area contributed by atoms with Crippen LogP contribution in [0.2, 0.25) is 0 Å². The van der Waals surface area contributed by atoms with Gasteiger partial charge in [0.05, 0.1) is 13.2 Å². The number of Topliss-reactive ketones (excluding diaryl/α,β-unsaturated/α-hetero) is 1. The molecular formula is C15H18O4. The highest BCUT2D eigenvalue weighted by molar-refractivity contribution is 6.03. The molecule has 19 heavy (non-hydrogen) atoms. The van der Waals surface area contributed by atoms with Gasteiger partial charge in [0, 0.05) is 19.1 Å². The van der Waals surface area contributed by atoms with Gasteiger partial charge in [-0.25, -0.2) is 0 Å². The molecule has 3 rings (SSSR count). The standard InChI is InChI=1S/C15H18O4/c1-17-15(6-2-7-15)14(16)11-4-5-12-13(10-11)19-9-3-8-18-12/h4-5,10H,2-3,6-9H2,1H3. The second kappa shape index (κ2) is 4.85. The minimum Gasteiger partial charge on any atom is -0.490 e. The molecule has 0 bridgehead atoms. The van der Waals surface area contributed by atoms with E-state index in [1.54, 1.807) is 19.2 Å². The summed E-state index contributed by atoms with van der Waals surface area (Å²) in [6.45, 7) is 1.28. The Morgan fingerprint density at radius 2 is 1.89 bits per heavy atom. The van der Waals surface area contributed by atoms with Gasteiger partial charge in [-0.1, -0.05) is 0 Å². The normalized spacial score (nSPS) is 20.3. The second-order valence-electron chi connectivity index (χ2n) is 5.09. The summed E-state index contributed by atoms with van der Waals surface area (Å²) in [5, 5.41) is 0. The molecule has 1 aliphatic heterocycles. The van der Waals surface area contributed by atoms with Crippen molar-refractivity contribution in [2.24, 2.45) is 0 Å². The van der Waals surface area contributed by atoms with Gasteiger partial charge in [0.25, 0.3) is 0 Å². The van der Waals surface area contributed by atoms with Crippen molar-refractivity contribution in [1.82, 2.24) is 0 Å². The first-order chi connectivity index (χ1) is 9.25. The molecule has 0 N–H and O–H groups in total. The van der Waals surface area contributed by atoms with Gasteiger partial charge in [-0.05, 0) is 37.5 Å². The summed E-state index contributed by atoms with van der Waals surface area (Å²) >= 11 is 0. The summed E-state index contributed by atoms with van der Waals surface area (Å²) in [4.78, 5) is 12.5. The Morgan fingerprint density at radius 3 is 2.53 bits per heavy atom. The fourth-order valence-electron chi connectivity index (χ4n) is 2.59. The minimum atomic E-state index is -0.611. The van der Waals surface area contributed by atoms with Crippen molar-refractivity contribution in [3.8, 4) is 11.5 Å². The molecule has 1 saturated carbocycles. The van der Waals surface area contributed by atoms with E-state index in [-0.39, 0.29) is 5.78 Å². The molecule has 1 aromatic rings. The number of ether oxygens (including phenoxy) is 3. The summed E-state index contributed by atoms with van der Waals surface area (Å²) in [5.74, 6) is 1.43. The van der Waals surface area contributed by atoms with Crippen molar-refractivity contribution >= 4 is 5.78 Å². The molecule has 0 amide bonds. The topological polar surface area (TPSA) is 44.8 Å². The molecule has 4 heteroatoms. The number of benzene rings is 1.